The van der Waals surface area contributed by atoms with Crippen molar-refractivity contribution >= 4 is 17.3 Å². The van der Waals surface area contributed by atoms with Gasteiger partial charge in [0.25, 0.3) is 0 Å². The second-order valence-corrected chi connectivity index (χ2v) is 3.29. The zero-order valence-electron chi connectivity index (χ0n) is 8.53. The first-order chi connectivity index (χ1) is 7.35. The molecule has 1 heterocycles. The van der Waals surface area contributed by atoms with Gasteiger partial charge in [-0.1, -0.05) is 19.1 Å². The number of furan rings is 1. The highest BCUT2D eigenvalue weighted by Gasteiger charge is 2.07. The van der Waals surface area contributed by atoms with E-state index < -0.39 is 0 Å². The lowest BCUT2D eigenvalue weighted by Gasteiger charge is -2.03. The minimum atomic E-state index is 0.331. The van der Waals surface area contributed by atoms with Crippen LogP contribution in [-0.2, 0) is 0 Å². The molecule has 0 saturated carbocycles. The van der Waals surface area contributed by atoms with Crippen LogP contribution in [0.3, 0.4) is 0 Å². The predicted octanol–water partition coefficient (Wildman–Crippen LogP) is 3.03. The Hall–Kier alpha value is -1.77. The molecular weight excluding hydrogens is 192 g/mol. The summed E-state index contributed by atoms with van der Waals surface area (Å²) >= 11 is 0. The number of carbonyl (C=O) groups excluding carboxylic acids is 1. The van der Waals surface area contributed by atoms with Crippen molar-refractivity contribution in [1.82, 2.24) is 0 Å². The molecule has 3 heteroatoms. The van der Waals surface area contributed by atoms with Gasteiger partial charge in [-0.05, 0) is 18.6 Å². The third-order valence-electron chi connectivity index (χ3n) is 2.10. The van der Waals surface area contributed by atoms with E-state index >= 15 is 0 Å². The van der Waals surface area contributed by atoms with Gasteiger partial charge < -0.3 is 9.15 Å². The lowest BCUT2D eigenvalue weighted by atomic mass is 10.2. The molecule has 0 radical (unpaired) electrons. The van der Waals surface area contributed by atoms with Crippen LogP contribution in [0.2, 0.25) is 0 Å². The molecule has 0 spiro atoms. The average Bonchev–Trinajstić information content (AvgIpc) is 2.69. The maximum atomic E-state index is 10.6. The number of para-hydroxylation sites is 1. The van der Waals surface area contributed by atoms with Crippen molar-refractivity contribution in [3.05, 3.63) is 30.0 Å². The van der Waals surface area contributed by atoms with Gasteiger partial charge in [-0.3, -0.25) is 4.79 Å². The first-order valence-electron chi connectivity index (χ1n) is 4.95. The van der Waals surface area contributed by atoms with Crippen molar-refractivity contribution in [1.29, 1.82) is 0 Å². The van der Waals surface area contributed by atoms with Gasteiger partial charge in [-0.25, -0.2) is 0 Å². The van der Waals surface area contributed by atoms with E-state index in [9.17, 15) is 4.79 Å². The maximum Gasteiger partial charge on any atom is 0.185 e. The monoisotopic (exact) mass is 204 g/mol. The summed E-state index contributed by atoms with van der Waals surface area (Å²) in [5.41, 5.74) is 0.646. The minimum absolute atomic E-state index is 0.331. The lowest BCUT2D eigenvalue weighted by molar-refractivity contribution is 0.110. The highest BCUT2D eigenvalue weighted by atomic mass is 16.5. The SMILES string of the molecule is CCCOc1cccc2cc(C=O)oc12. The van der Waals surface area contributed by atoms with Gasteiger partial charge in [0, 0.05) is 5.39 Å². The highest BCUT2D eigenvalue weighted by molar-refractivity contribution is 5.88. The Morgan fingerprint density at radius 1 is 1.47 bits per heavy atom. The average molecular weight is 204 g/mol. The highest BCUT2D eigenvalue weighted by Crippen LogP contribution is 2.28. The molecule has 0 atom stereocenters. The van der Waals surface area contributed by atoms with Crippen molar-refractivity contribution in [3.63, 3.8) is 0 Å². The molecule has 15 heavy (non-hydrogen) atoms. The van der Waals surface area contributed by atoms with Gasteiger partial charge in [-0.2, -0.15) is 0 Å². The summed E-state index contributed by atoms with van der Waals surface area (Å²) < 4.78 is 10.9. The van der Waals surface area contributed by atoms with Crippen molar-refractivity contribution in [3.8, 4) is 5.75 Å². The minimum Gasteiger partial charge on any atom is -0.490 e. The molecule has 0 aliphatic rings. The Morgan fingerprint density at radius 3 is 3.07 bits per heavy atom. The fourth-order valence-electron chi connectivity index (χ4n) is 1.44. The summed E-state index contributed by atoms with van der Waals surface area (Å²) in [6, 6.07) is 7.33. The van der Waals surface area contributed by atoms with Crippen LogP contribution in [0.15, 0.2) is 28.7 Å². The van der Waals surface area contributed by atoms with Gasteiger partial charge in [0.1, 0.15) is 0 Å². The summed E-state index contributed by atoms with van der Waals surface area (Å²) in [6.07, 6.45) is 1.64. The van der Waals surface area contributed by atoms with E-state index in [0.717, 1.165) is 11.8 Å². The molecule has 0 fully saturated rings. The summed E-state index contributed by atoms with van der Waals surface area (Å²) in [6.45, 7) is 2.69. The van der Waals surface area contributed by atoms with E-state index in [1.54, 1.807) is 6.07 Å². The molecule has 1 aromatic heterocycles. The number of benzene rings is 1. The number of aldehydes is 1. The van der Waals surface area contributed by atoms with Gasteiger partial charge >= 0.3 is 0 Å². The largest absolute Gasteiger partial charge is 0.490 e. The number of hydrogen-bond acceptors (Lipinski definition) is 3. The lowest BCUT2D eigenvalue weighted by Crippen LogP contribution is -1.94. The third kappa shape index (κ3) is 1.86. The summed E-state index contributed by atoms with van der Waals surface area (Å²) in [5.74, 6) is 1.03. The summed E-state index contributed by atoms with van der Waals surface area (Å²) in [4.78, 5) is 10.6. The Bertz CT molecular complexity index is 471. The van der Waals surface area contributed by atoms with Gasteiger partial charge in [-0.15, -0.1) is 0 Å². The van der Waals surface area contributed by atoms with Crippen LogP contribution in [0.4, 0.5) is 0 Å². The van der Waals surface area contributed by atoms with Crippen molar-refractivity contribution in [2.24, 2.45) is 0 Å². The normalized spacial score (nSPS) is 10.5. The predicted molar refractivity (Wildman–Crippen MR) is 57.4 cm³/mol. The van der Waals surface area contributed by atoms with E-state index in [1.807, 2.05) is 25.1 Å². The smallest absolute Gasteiger partial charge is 0.185 e. The van der Waals surface area contributed by atoms with Crippen LogP contribution in [0.25, 0.3) is 11.0 Å². The molecule has 0 saturated heterocycles. The van der Waals surface area contributed by atoms with Crippen LogP contribution in [0.5, 0.6) is 5.75 Å². The van der Waals surface area contributed by atoms with E-state index in [2.05, 4.69) is 0 Å². The zero-order chi connectivity index (χ0) is 10.7. The second kappa shape index (κ2) is 4.17. The van der Waals surface area contributed by atoms with Gasteiger partial charge in [0.2, 0.25) is 0 Å². The van der Waals surface area contributed by atoms with E-state index in [-0.39, 0.29) is 0 Å². The van der Waals surface area contributed by atoms with Gasteiger partial charge in [0.05, 0.1) is 6.61 Å². The van der Waals surface area contributed by atoms with Crippen LogP contribution in [-0.4, -0.2) is 12.9 Å². The zero-order valence-corrected chi connectivity index (χ0v) is 8.53. The molecule has 2 rings (SSSR count). The Kier molecular flexibility index (Phi) is 2.72. The van der Waals surface area contributed by atoms with E-state index in [1.165, 1.54) is 0 Å². The Labute approximate surface area is 87.6 Å². The number of carbonyl (C=O) groups is 1. The fourth-order valence-corrected chi connectivity index (χ4v) is 1.44. The van der Waals surface area contributed by atoms with Crippen molar-refractivity contribution in [2.45, 2.75) is 13.3 Å². The topological polar surface area (TPSA) is 39.4 Å². The van der Waals surface area contributed by atoms with Crippen LogP contribution >= 0.6 is 0 Å². The van der Waals surface area contributed by atoms with Gasteiger partial charge in [0.15, 0.2) is 23.4 Å². The first kappa shape index (κ1) is 9.77. The third-order valence-corrected chi connectivity index (χ3v) is 2.10. The molecule has 0 aliphatic heterocycles. The molecule has 78 valence electrons. The molecule has 3 nitrogen and oxygen atoms in total. The molecule has 0 aliphatic carbocycles. The number of ether oxygens (including phenoxy) is 1. The Balaban J connectivity index is 2.44. The summed E-state index contributed by atoms with van der Waals surface area (Å²) in [7, 11) is 0. The van der Waals surface area contributed by atoms with Crippen molar-refractivity contribution < 1.29 is 13.9 Å². The van der Waals surface area contributed by atoms with Crippen LogP contribution < -0.4 is 4.74 Å². The molecule has 0 unspecified atom stereocenters. The number of fused-ring (bicyclic) bond motifs is 1. The summed E-state index contributed by atoms with van der Waals surface area (Å²) in [5, 5.41) is 0.894. The Morgan fingerprint density at radius 2 is 2.33 bits per heavy atom. The first-order valence-corrected chi connectivity index (χ1v) is 4.95. The molecule has 0 amide bonds. The fraction of sp³-hybridized carbons (Fsp3) is 0.250. The van der Waals surface area contributed by atoms with E-state index in [4.69, 9.17) is 9.15 Å². The number of rotatable bonds is 4. The molecular formula is C12H12O3. The molecule has 2 aromatic rings. The van der Waals surface area contributed by atoms with Crippen LogP contribution in [0, 0.1) is 0 Å². The molecule has 0 N–H and O–H groups in total. The van der Waals surface area contributed by atoms with E-state index in [0.29, 0.717) is 30.0 Å². The second-order valence-electron chi connectivity index (χ2n) is 3.29. The quantitative estimate of drug-likeness (QED) is 0.718. The standard InChI is InChI=1S/C12H12O3/c1-2-6-14-11-5-3-4-9-7-10(8-13)15-12(9)11/h3-5,7-8H,2,6H2,1H3. The number of hydrogen-bond donors (Lipinski definition) is 0. The van der Waals surface area contributed by atoms with Crippen molar-refractivity contribution in [2.75, 3.05) is 6.61 Å². The van der Waals surface area contributed by atoms with Crippen LogP contribution in [0.1, 0.15) is 23.9 Å². The molecule has 0 bridgehead atoms. The maximum absolute atomic E-state index is 10.6. The molecule has 1 aromatic carbocycles.